The summed E-state index contributed by atoms with van der Waals surface area (Å²) in [6.07, 6.45) is 1.58. The molecule has 2 rings (SSSR count). The molecule has 2 aromatic rings. The molecule has 0 aromatic carbocycles. The van der Waals surface area contributed by atoms with Gasteiger partial charge in [0.25, 0.3) is 0 Å². The lowest BCUT2D eigenvalue weighted by Crippen LogP contribution is -1.98. The van der Waals surface area contributed by atoms with Gasteiger partial charge in [0.15, 0.2) is 0 Å². The SMILES string of the molecule is O=C(O)c1cc2cscc2cn1. The molecule has 12 heavy (non-hydrogen) atoms. The van der Waals surface area contributed by atoms with E-state index in [1.165, 1.54) is 0 Å². The Hall–Kier alpha value is -1.42. The smallest absolute Gasteiger partial charge is 0.354 e. The Balaban J connectivity index is 2.68. The average molecular weight is 179 g/mol. The second-order valence-corrected chi connectivity index (χ2v) is 3.12. The Morgan fingerprint density at radius 3 is 2.92 bits per heavy atom. The van der Waals surface area contributed by atoms with Crippen molar-refractivity contribution < 1.29 is 9.90 Å². The Kier molecular flexibility index (Phi) is 1.55. The third-order valence-corrected chi connectivity index (χ3v) is 2.36. The average Bonchev–Trinajstić information content (AvgIpc) is 2.49. The number of hydrogen-bond donors (Lipinski definition) is 1. The summed E-state index contributed by atoms with van der Waals surface area (Å²) in [5.41, 5.74) is 0.0981. The molecule has 0 atom stereocenters. The number of carboxylic acids is 1. The molecule has 0 aliphatic heterocycles. The molecule has 0 saturated heterocycles. The van der Waals surface area contributed by atoms with Crippen LogP contribution in [0, 0.1) is 0 Å². The maximum atomic E-state index is 10.5. The van der Waals surface area contributed by atoms with E-state index in [1.807, 2.05) is 10.8 Å². The fraction of sp³-hybridized carbons (Fsp3) is 0. The van der Waals surface area contributed by atoms with E-state index in [4.69, 9.17) is 5.11 Å². The third-order valence-electron chi connectivity index (χ3n) is 1.58. The minimum atomic E-state index is -0.983. The Bertz CT molecular complexity index is 435. The molecule has 2 heterocycles. The molecule has 3 nitrogen and oxygen atoms in total. The van der Waals surface area contributed by atoms with E-state index < -0.39 is 5.97 Å². The van der Waals surface area contributed by atoms with Gasteiger partial charge in [0.05, 0.1) is 0 Å². The number of aromatic carboxylic acids is 1. The van der Waals surface area contributed by atoms with E-state index >= 15 is 0 Å². The van der Waals surface area contributed by atoms with Crippen molar-refractivity contribution in [1.82, 2.24) is 4.98 Å². The number of carbonyl (C=O) groups is 1. The molecule has 4 heteroatoms. The van der Waals surface area contributed by atoms with Crippen LogP contribution in [0.1, 0.15) is 10.5 Å². The van der Waals surface area contributed by atoms with Crippen molar-refractivity contribution in [2.75, 3.05) is 0 Å². The van der Waals surface area contributed by atoms with Gasteiger partial charge < -0.3 is 5.11 Å². The van der Waals surface area contributed by atoms with E-state index in [2.05, 4.69) is 4.98 Å². The lowest BCUT2D eigenvalue weighted by molar-refractivity contribution is 0.0691. The quantitative estimate of drug-likeness (QED) is 0.728. The summed E-state index contributed by atoms with van der Waals surface area (Å²) in [5, 5.41) is 14.4. The van der Waals surface area contributed by atoms with E-state index in [0.29, 0.717) is 0 Å². The molecule has 1 N–H and O–H groups in total. The monoisotopic (exact) mass is 179 g/mol. The van der Waals surface area contributed by atoms with Crippen molar-refractivity contribution in [2.24, 2.45) is 0 Å². The molecule has 0 saturated carbocycles. The van der Waals surface area contributed by atoms with E-state index in [0.717, 1.165) is 10.8 Å². The van der Waals surface area contributed by atoms with Crippen molar-refractivity contribution in [3.8, 4) is 0 Å². The first-order valence-corrected chi connectivity index (χ1v) is 4.27. The summed E-state index contributed by atoms with van der Waals surface area (Å²) in [4.78, 5) is 14.3. The van der Waals surface area contributed by atoms with E-state index in [9.17, 15) is 4.79 Å². The summed E-state index contributed by atoms with van der Waals surface area (Å²) in [6.45, 7) is 0. The summed E-state index contributed by atoms with van der Waals surface area (Å²) < 4.78 is 0. The zero-order valence-corrected chi connectivity index (χ0v) is 6.84. The van der Waals surface area contributed by atoms with Crippen LogP contribution in [-0.2, 0) is 0 Å². The van der Waals surface area contributed by atoms with Crippen LogP contribution in [0.25, 0.3) is 10.8 Å². The molecule has 0 radical (unpaired) electrons. The number of rotatable bonds is 1. The number of carboxylic acid groups (broad SMARTS) is 1. The molecule has 0 amide bonds. The first kappa shape index (κ1) is 7.24. The first-order valence-electron chi connectivity index (χ1n) is 3.32. The summed E-state index contributed by atoms with van der Waals surface area (Å²) in [6, 6.07) is 1.58. The molecule has 0 unspecified atom stereocenters. The van der Waals surface area contributed by atoms with Crippen LogP contribution in [0.4, 0.5) is 0 Å². The van der Waals surface area contributed by atoms with Gasteiger partial charge in [0.2, 0.25) is 0 Å². The van der Waals surface area contributed by atoms with Crippen LogP contribution in [0.15, 0.2) is 23.0 Å². The normalized spacial score (nSPS) is 10.3. The zero-order valence-electron chi connectivity index (χ0n) is 6.02. The highest BCUT2D eigenvalue weighted by Gasteiger charge is 2.04. The second kappa shape index (κ2) is 2.57. The number of thiophene rings is 1. The first-order chi connectivity index (χ1) is 5.77. The molecule has 0 bridgehead atoms. The topological polar surface area (TPSA) is 50.2 Å². The molecule has 0 fully saturated rings. The fourth-order valence-corrected chi connectivity index (χ4v) is 1.74. The minimum Gasteiger partial charge on any atom is -0.477 e. The number of hydrogen-bond acceptors (Lipinski definition) is 3. The molecule has 2 aromatic heterocycles. The highest BCUT2D eigenvalue weighted by molar-refractivity contribution is 7.09. The van der Waals surface area contributed by atoms with E-state index in [-0.39, 0.29) is 5.69 Å². The number of aromatic nitrogens is 1. The number of pyridine rings is 1. The molecule has 0 aliphatic rings. The lowest BCUT2D eigenvalue weighted by atomic mass is 10.2. The standard InChI is InChI=1S/C8H5NO2S/c10-8(11)7-1-5-3-12-4-6(5)2-9-7/h1-4H,(H,10,11). The predicted octanol–water partition coefficient (Wildman–Crippen LogP) is 1.99. The van der Waals surface area contributed by atoms with Gasteiger partial charge >= 0.3 is 5.97 Å². The minimum absolute atomic E-state index is 0.0981. The van der Waals surface area contributed by atoms with Crippen LogP contribution >= 0.6 is 11.3 Å². The largest absolute Gasteiger partial charge is 0.477 e. The van der Waals surface area contributed by atoms with Crippen molar-refractivity contribution in [3.63, 3.8) is 0 Å². The van der Waals surface area contributed by atoms with Crippen LogP contribution < -0.4 is 0 Å². The van der Waals surface area contributed by atoms with Crippen molar-refractivity contribution in [3.05, 3.63) is 28.7 Å². The number of fused-ring (bicyclic) bond motifs is 1. The molecule has 0 aliphatic carbocycles. The summed E-state index contributed by atoms with van der Waals surface area (Å²) >= 11 is 1.54. The van der Waals surface area contributed by atoms with Gasteiger partial charge in [-0.15, -0.1) is 0 Å². The highest BCUT2D eigenvalue weighted by Crippen LogP contribution is 2.18. The second-order valence-electron chi connectivity index (χ2n) is 2.38. The van der Waals surface area contributed by atoms with Gasteiger partial charge in [-0.2, -0.15) is 11.3 Å². The molecular formula is C8H5NO2S. The summed E-state index contributed by atoms with van der Waals surface area (Å²) in [7, 11) is 0. The van der Waals surface area contributed by atoms with Gasteiger partial charge in [0, 0.05) is 17.0 Å². The van der Waals surface area contributed by atoms with E-state index in [1.54, 1.807) is 23.6 Å². The lowest BCUT2D eigenvalue weighted by Gasteiger charge is -1.92. The Morgan fingerprint density at radius 1 is 1.42 bits per heavy atom. The van der Waals surface area contributed by atoms with Gasteiger partial charge in [-0.3, -0.25) is 0 Å². The van der Waals surface area contributed by atoms with Crippen molar-refractivity contribution >= 4 is 28.1 Å². The van der Waals surface area contributed by atoms with Gasteiger partial charge in [-0.05, 0) is 16.8 Å². The summed E-state index contributed by atoms with van der Waals surface area (Å²) in [5.74, 6) is -0.983. The van der Waals surface area contributed by atoms with Gasteiger partial charge in [0.1, 0.15) is 5.69 Å². The van der Waals surface area contributed by atoms with Crippen LogP contribution in [0.5, 0.6) is 0 Å². The molecule has 0 spiro atoms. The maximum absolute atomic E-state index is 10.5. The Labute approximate surface area is 72.3 Å². The number of nitrogens with zero attached hydrogens (tertiary/aromatic N) is 1. The Morgan fingerprint density at radius 2 is 2.17 bits per heavy atom. The van der Waals surface area contributed by atoms with Gasteiger partial charge in [-0.1, -0.05) is 0 Å². The van der Waals surface area contributed by atoms with Crippen LogP contribution in [-0.4, -0.2) is 16.1 Å². The predicted molar refractivity (Wildman–Crippen MR) is 46.6 cm³/mol. The zero-order chi connectivity index (χ0) is 8.55. The third kappa shape index (κ3) is 1.06. The molecular weight excluding hydrogens is 174 g/mol. The fourth-order valence-electron chi connectivity index (χ4n) is 0.980. The van der Waals surface area contributed by atoms with Crippen molar-refractivity contribution in [2.45, 2.75) is 0 Å². The van der Waals surface area contributed by atoms with Gasteiger partial charge in [-0.25, -0.2) is 9.78 Å². The van der Waals surface area contributed by atoms with Crippen molar-refractivity contribution in [1.29, 1.82) is 0 Å². The highest BCUT2D eigenvalue weighted by atomic mass is 32.1. The molecule has 60 valence electrons. The van der Waals surface area contributed by atoms with Crippen LogP contribution in [0.2, 0.25) is 0 Å². The van der Waals surface area contributed by atoms with Crippen LogP contribution in [0.3, 0.4) is 0 Å². The maximum Gasteiger partial charge on any atom is 0.354 e.